The van der Waals surface area contributed by atoms with Crippen molar-refractivity contribution < 1.29 is 0 Å². The van der Waals surface area contributed by atoms with Crippen LogP contribution >= 0.6 is 0 Å². The Morgan fingerprint density at radius 1 is 1.39 bits per heavy atom. The van der Waals surface area contributed by atoms with Crippen molar-refractivity contribution in [3.8, 4) is 0 Å². The highest BCUT2D eigenvalue weighted by Gasteiger charge is 2.31. The van der Waals surface area contributed by atoms with Crippen LogP contribution in [0.5, 0.6) is 0 Å². The van der Waals surface area contributed by atoms with Crippen molar-refractivity contribution in [1.29, 1.82) is 0 Å². The lowest BCUT2D eigenvalue weighted by Crippen LogP contribution is -2.44. The summed E-state index contributed by atoms with van der Waals surface area (Å²) in [4.78, 5) is 0. The number of nitrogens with zero attached hydrogens (tertiary/aromatic N) is 4. The monoisotopic (exact) mass is 251 g/mol. The summed E-state index contributed by atoms with van der Waals surface area (Å²) in [5.74, 6) is 0.936. The molecule has 0 aromatic carbocycles. The van der Waals surface area contributed by atoms with Crippen LogP contribution in [0.15, 0.2) is 0 Å². The first-order valence-electron chi connectivity index (χ1n) is 7.01. The van der Waals surface area contributed by atoms with Crippen LogP contribution in [-0.4, -0.2) is 26.2 Å². The zero-order valence-corrected chi connectivity index (χ0v) is 12.0. The minimum absolute atomic E-state index is 0.316. The second-order valence-corrected chi connectivity index (χ2v) is 6.30. The zero-order valence-electron chi connectivity index (χ0n) is 12.0. The molecule has 0 aliphatic heterocycles. The molecule has 1 saturated carbocycles. The molecular formula is C13H25N5. The van der Waals surface area contributed by atoms with Crippen LogP contribution in [0.4, 0.5) is 0 Å². The molecule has 1 fully saturated rings. The summed E-state index contributed by atoms with van der Waals surface area (Å²) in [5, 5.41) is 15.6. The quantitative estimate of drug-likeness (QED) is 0.892. The number of rotatable bonds is 4. The fraction of sp³-hybridized carbons (Fsp3) is 0.923. The molecular weight excluding hydrogens is 226 g/mol. The Labute approximate surface area is 109 Å². The molecule has 102 valence electrons. The molecule has 1 aliphatic carbocycles. The van der Waals surface area contributed by atoms with Crippen molar-refractivity contribution in [1.82, 2.24) is 25.5 Å². The predicted octanol–water partition coefficient (Wildman–Crippen LogP) is 2.31. The summed E-state index contributed by atoms with van der Waals surface area (Å²) < 4.78 is 1.89. The van der Waals surface area contributed by atoms with E-state index in [1.807, 2.05) is 4.68 Å². The maximum Gasteiger partial charge on any atom is 0.165 e. The Morgan fingerprint density at radius 3 is 2.83 bits per heavy atom. The lowest BCUT2D eigenvalue weighted by atomic mass is 9.73. The van der Waals surface area contributed by atoms with Crippen LogP contribution in [0.3, 0.4) is 0 Å². The number of nitrogens with one attached hydrogen (secondary N) is 1. The van der Waals surface area contributed by atoms with Gasteiger partial charge in [-0.2, -0.15) is 0 Å². The smallest absolute Gasteiger partial charge is 0.165 e. The van der Waals surface area contributed by atoms with E-state index < -0.39 is 0 Å². The highest BCUT2D eigenvalue weighted by atomic mass is 15.5. The van der Waals surface area contributed by atoms with Gasteiger partial charge in [-0.25, -0.2) is 4.68 Å². The molecule has 1 N–H and O–H groups in total. The molecule has 0 bridgehead atoms. The van der Waals surface area contributed by atoms with E-state index in [1.165, 1.54) is 25.7 Å². The van der Waals surface area contributed by atoms with Gasteiger partial charge in [0.25, 0.3) is 0 Å². The first-order valence-corrected chi connectivity index (χ1v) is 7.01. The van der Waals surface area contributed by atoms with Crippen molar-refractivity contribution in [2.24, 2.45) is 5.41 Å². The maximum absolute atomic E-state index is 4.11. The maximum atomic E-state index is 4.11. The van der Waals surface area contributed by atoms with Crippen LogP contribution in [0.2, 0.25) is 0 Å². The number of hydrogen-bond donors (Lipinski definition) is 1. The second-order valence-electron chi connectivity index (χ2n) is 6.30. The first kappa shape index (κ1) is 13.5. The van der Waals surface area contributed by atoms with Crippen molar-refractivity contribution in [3.63, 3.8) is 0 Å². The molecule has 2 rings (SSSR count). The summed E-state index contributed by atoms with van der Waals surface area (Å²) in [6.07, 6.45) is 5.25. The number of aromatic nitrogens is 4. The van der Waals surface area contributed by atoms with E-state index in [4.69, 9.17) is 0 Å². The molecule has 5 nitrogen and oxygen atoms in total. The Balaban J connectivity index is 1.96. The fourth-order valence-electron chi connectivity index (χ4n) is 2.82. The SMILES string of the molecule is CC(C)n1nnnc1CN[C@@H]1CCCCC1(C)C. The fourth-order valence-corrected chi connectivity index (χ4v) is 2.82. The molecule has 1 aromatic rings. The van der Waals surface area contributed by atoms with Gasteiger partial charge in [0.1, 0.15) is 0 Å². The zero-order chi connectivity index (χ0) is 13.2. The minimum atomic E-state index is 0.316. The Morgan fingerprint density at radius 2 is 2.17 bits per heavy atom. The minimum Gasteiger partial charge on any atom is -0.306 e. The molecule has 1 heterocycles. The van der Waals surface area contributed by atoms with Crippen LogP contribution in [-0.2, 0) is 6.54 Å². The topological polar surface area (TPSA) is 55.6 Å². The Kier molecular flexibility index (Phi) is 4.00. The third-order valence-electron chi connectivity index (χ3n) is 4.06. The molecule has 1 aromatic heterocycles. The van der Waals surface area contributed by atoms with Crippen LogP contribution in [0, 0.1) is 5.41 Å². The van der Waals surface area contributed by atoms with Gasteiger partial charge in [0.2, 0.25) is 0 Å². The van der Waals surface area contributed by atoms with Crippen LogP contribution in [0.1, 0.15) is 65.2 Å². The van der Waals surface area contributed by atoms with E-state index in [1.54, 1.807) is 0 Å². The lowest BCUT2D eigenvalue weighted by molar-refractivity contribution is 0.165. The predicted molar refractivity (Wildman–Crippen MR) is 71.1 cm³/mol. The average molecular weight is 251 g/mol. The molecule has 0 spiro atoms. The summed E-state index contributed by atoms with van der Waals surface area (Å²) in [5.41, 5.74) is 0.383. The van der Waals surface area contributed by atoms with Gasteiger partial charge >= 0.3 is 0 Å². The molecule has 1 aliphatic rings. The molecule has 0 unspecified atom stereocenters. The van der Waals surface area contributed by atoms with E-state index in [-0.39, 0.29) is 0 Å². The van der Waals surface area contributed by atoms with Crippen LogP contribution in [0.25, 0.3) is 0 Å². The van der Waals surface area contributed by atoms with Gasteiger partial charge in [-0.05, 0) is 42.5 Å². The molecule has 5 heteroatoms. The van der Waals surface area contributed by atoms with Gasteiger partial charge in [0, 0.05) is 6.04 Å². The van der Waals surface area contributed by atoms with E-state index in [0.717, 1.165) is 12.4 Å². The lowest BCUT2D eigenvalue weighted by Gasteiger charge is -2.39. The highest BCUT2D eigenvalue weighted by Crippen LogP contribution is 2.35. The molecule has 1 atom stereocenters. The summed E-state index contributed by atoms with van der Waals surface area (Å²) in [6.45, 7) is 9.68. The average Bonchev–Trinajstić information content (AvgIpc) is 2.75. The molecule has 0 saturated heterocycles. The van der Waals surface area contributed by atoms with Crippen molar-refractivity contribution in [2.75, 3.05) is 0 Å². The number of tetrazole rings is 1. The van der Waals surface area contributed by atoms with Gasteiger partial charge in [0.15, 0.2) is 5.82 Å². The number of hydrogen-bond acceptors (Lipinski definition) is 4. The first-order chi connectivity index (χ1) is 8.50. The standard InChI is InChI=1S/C13H25N5/c1-10(2)18-12(15-16-17-18)9-14-11-7-5-6-8-13(11,3)4/h10-11,14H,5-9H2,1-4H3/t11-/m1/s1. The summed E-state index contributed by atoms with van der Waals surface area (Å²) >= 11 is 0. The molecule has 0 amide bonds. The van der Waals surface area contributed by atoms with E-state index >= 15 is 0 Å². The Hall–Kier alpha value is -0.970. The van der Waals surface area contributed by atoms with Gasteiger partial charge in [-0.15, -0.1) is 5.10 Å². The van der Waals surface area contributed by atoms with E-state index in [2.05, 4.69) is 48.5 Å². The van der Waals surface area contributed by atoms with Gasteiger partial charge in [0.05, 0.1) is 12.6 Å². The summed E-state index contributed by atoms with van der Waals surface area (Å²) in [6, 6.07) is 0.889. The normalized spacial score (nSPS) is 23.5. The molecule has 0 radical (unpaired) electrons. The van der Waals surface area contributed by atoms with E-state index in [0.29, 0.717) is 17.5 Å². The third-order valence-corrected chi connectivity index (χ3v) is 4.06. The molecule has 18 heavy (non-hydrogen) atoms. The third kappa shape index (κ3) is 2.88. The summed E-state index contributed by atoms with van der Waals surface area (Å²) in [7, 11) is 0. The van der Waals surface area contributed by atoms with Crippen molar-refractivity contribution in [2.45, 2.75) is 72.0 Å². The van der Waals surface area contributed by atoms with Gasteiger partial charge in [-0.3, -0.25) is 0 Å². The van der Waals surface area contributed by atoms with Crippen molar-refractivity contribution >= 4 is 0 Å². The van der Waals surface area contributed by atoms with E-state index in [9.17, 15) is 0 Å². The Bertz CT molecular complexity index is 382. The highest BCUT2D eigenvalue weighted by molar-refractivity contribution is 4.90. The van der Waals surface area contributed by atoms with Gasteiger partial charge in [-0.1, -0.05) is 26.7 Å². The van der Waals surface area contributed by atoms with Gasteiger partial charge < -0.3 is 5.32 Å². The largest absolute Gasteiger partial charge is 0.306 e. The van der Waals surface area contributed by atoms with Crippen LogP contribution < -0.4 is 5.32 Å². The second kappa shape index (κ2) is 5.34. The van der Waals surface area contributed by atoms with Crippen molar-refractivity contribution in [3.05, 3.63) is 5.82 Å².